The Morgan fingerprint density at radius 3 is 2.15 bits per heavy atom. The van der Waals surface area contributed by atoms with Crippen molar-refractivity contribution in [3.05, 3.63) is 76.1 Å². The van der Waals surface area contributed by atoms with Gasteiger partial charge in [0.15, 0.2) is 0 Å². The van der Waals surface area contributed by atoms with E-state index in [1.165, 1.54) is 4.90 Å². The number of halogens is 1. The first-order chi connectivity index (χ1) is 28.1. The number of anilines is 1. The van der Waals surface area contributed by atoms with E-state index in [1.807, 2.05) is 50.7 Å². The molecule has 4 fully saturated rings. The van der Waals surface area contributed by atoms with Crippen LogP contribution < -0.4 is 15.4 Å². The Bertz CT molecular complexity index is 2230. The third-order valence-corrected chi connectivity index (χ3v) is 13.5. The second kappa shape index (κ2) is 15.4. The van der Waals surface area contributed by atoms with Crippen LogP contribution in [0.1, 0.15) is 96.2 Å². The van der Waals surface area contributed by atoms with Crippen molar-refractivity contribution in [2.75, 3.05) is 57.3 Å². The number of ether oxygens (including phenoxy) is 1. The van der Waals surface area contributed by atoms with Crippen LogP contribution >= 0.6 is 11.6 Å². The quantitative estimate of drug-likeness (QED) is 0.293. The smallest absolute Gasteiger partial charge is 0.269 e. The minimum Gasteiger partial charge on any atom is -0.489 e. The molecular weight excluding hydrogens is 774 g/mol. The molecule has 3 saturated heterocycles. The Labute approximate surface area is 348 Å². The molecule has 2 N–H and O–H groups in total. The molecule has 1 atom stereocenters. The van der Waals surface area contributed by atoms with Crippen LogP contribution in [0.25, 0.3) is 0 Å². The minimum absolute atomic E-state index is 0.0154. The van der Waals surface area contributed by atoms with Gasteiger partial charge in [-0.3, -0.25) is 43.4 Å². The fraction of sp³-hybridized carbons (Fsp3) is 0.512. The second-order valence-electron chi connectivity index (χ2n) is 17.6. The van der Waals surface area contributed by atoms with Gasteiger partial charge < -0.3 is 20.3 Å². The normalized spacial score (nSPS) is 24.9. The fourth-order valence-electron chi connectivity index (χ4n) is 10.5. The third kappa shape index (κ3) is 7.14. The Kier molecular flexibility index (Phi) is 10.6. The lowest BCUT2D eigenvalue weighted by Gasteiger charge is -2.65. The topological polar surface area (TPSA) is 178 Å². The molecule has 59 heavy (non-hydrogen) atoms. The number of hydrogen-bond acceptors (Lipinski definition) is 11. The first-order valence-corrected chi connectivity index (χ1v) is 20.8. The van der Waals surface area contributed by atoms with Gasteiger partial charge in [-0.1, -0.05) is 39.3 Å². The molecule has 1 aromatic heterocycles. The number of benzene rings is 2. The van der Waals surface area contributed by atoms with Crippen LogP contribution in [-0.2, 0) is 9.59 Å². The summed E-state index contributed by atoms with van der Waals surface area (Å²) in [5.74, 6) is -1.98. The van der Waals surface area contributed by atoms with Gasteiger partial charge in [-0.25, -0.2) is 0 Å². The summed E-state index contributed by atoms with van der Waals surface area (Å²) in [5.41, 5.74) is 5.98. The molecule has 5 amide bonds. The van der Waals surface area contributed by atoms with Crippen LogP contribution in [-0.4, -0.2) is 129 Å². The maximum absolute atomic E-state index is 14.4. The number of hydrogen-bond donors (Lipinski definition) is 1. The number of piperazine rings is 1. The first kappa shape index (κ1) is 40.5. The largest absolute Gasteiger partial charge is 0.489 e. The second-order valence-corrected chi connectivity index (χ2v) is 18.0. The van der Waals surface area contributed by atoms with Crippen molar-refractivity contribution >= 4 is 46.8 Å². The lowest BCUT2D eigenvalue weighted by molar-refractivity contribution is -0.216. The van der Waals surface area contributed by atoms with Crippen molar-refractivity contribution < 1.29 is 28.7 Å². The number of likely N-dealkylation sites (tertiary alicyclic amines) is 2. The molecule has 3 aromatic rings. The van der Waals surface area contributed by atoms with E-state index >= 15 is 0 Å². The van der Waals surface area contributed by atoms with E-state index in [2.05, 4.69) is 19.8 Å². The molecule has 0 radical (unpaired) electrons. The highest BCUT2D eigenvalue weighted by molar-refractivity contribution is 6.31. The summed E-state index contributed by atoms with van der Waals surface area (Å²) in [4.78, 5) is 76.8. The predicted molar refractivity (Wildman–Crippen MR) is 218 cm³/mol. The van der Waals surface area contributed by atoms with Crippen molar-refractivity contribution in [3.8, 4) is 11.8 Å². The molecule has 1 unspecified atom stereocenters. The van der Waals surface area contributed by atoms with E-state index in [0.717, 1.165) is 75.8 Å². The number of nitrogens with zero attached hydrogens (tertiary/aromatic N) is 8. The van der Waals surface area contributed by atoms with Gasteiger partial charge in [0.2, 0.25) is 5.91 Å². The molecule has 5 heterocycles. The molecule has 1 aliphatic carbocycles. The van der Waals surface area contributed by atoms with Gasteiger partial charge in [0.25, 0.3) is 23.6 Å². The van der Waals surface area contributed by atoms with Gasteiger partial charge in [-0.2, -0.15) is 10.4 Å². The molecule has 0 spiro atoms. The number of carbonyl (C=O) groups excluding carboxylic acids is 5. The zero-order valence-corrected chi connectivity index (χ0v) is 34.7. The minimum atomic E-state index is -1.11. The number of nitrogens with two attached hydrogens (primary N) is 1. The van der Waals surface area contributed by atoms with E-state index in [0.29, 0.717) is 17.0 Å². The molecule has 16 heteroatoms. The number of imide groups is 2. The Morgan fingerprint density at radius 2 is 1.53 bits per heavy atom. The van der Waals surface area contributed by atoms with Gasteiger partial charge in [-0.05, 0) is 55.7 Å². The van der Waals surface area contributed by atoms with Gasteiger partial charge >= 0.3 is 0 Å². The molecule has 2 aromatic carbocycles. The van der Waals surface area contributed by atoms with Crippen molar-refractivity contribution in [2.24, 2.45) is 16.6 Å². The van der Waals surface area contributed by atoms with Crippen LogP contribution in [0.4, 0.5) is 5.69 Å². The standard InChI is InChI=1S/C43H50ClN9O6/c1-42(2)40(43(3,4)41(42)59-29-7-5-26(25-45)32(44)24-29)53-35(54)10-9-34(39(53)58)52-37(56)30-8-6-28(23-31(30)38(52)57)50-21-19-49(20-22-50)18-17-48-14-11-27(12-15-48)51-16-13-33(47-51)36(46)55/h5-8,13,16,23-24,27,34,40-41H,9-12,14-15,17-22H2,1-4H3,(H2,46,55). The number of nitriles is 1. The zero-order valence-electron chi connectivity index (χ0n) is 33.9. The molecule has 8 rings (SSSR count). The summed E-state index contributed by atoms with van der Waals surface area (Å²) in [6.45, 7) is 14.8. The summed E-state index contributed by atoms with van der Waals surface area (Å²) in [5, 5.41) is 13.9. The van der Waals surface area contributed by atoms with Crippen molar-refractivity contribution in [3.63, 3.8) is 0 Å². The predicted octanol–water partition coefficient (Wildman–Crippen LogP) is 3.96. The number of rotatable bonds is 10. The van der Waals surface area contributed by atoms with E-state index in [1.54, 1.807) is 36.4 Å². The Hall–Kier alpha value is -5.30. The highest BCUT2D eigenvalue weighted by Gasteiger charge is 2.68. The van der Waals surface area contributed by atoms with Crippen LogP contribution in [0.15, 0.2) is 48.7 Å². The van der Waals surface area contributed by atoms with Gasteiger partial charge in [-0.15, -0.1) is 0 Å². The number of aromatic nitrogens is 2. The number of carbonyl (C=O) groups is 5. The molecular formula is C43H50ClN9O6. The molecule has 310 valence electrons. The molecule has 5 aliphatic rings. The van der Waals surface area contributed by atoms with E-state index in [-0.39, 0.29) is 40.9 Å². The lowest BCUT2D eigenvalue weighted by atomic mass is 9.48. The Morgan fingerprint density at radius 1 is 0.864 bits per heavy atom. The van der Waals surface area contributed by atoms with Gasteiger partial charge in [0.05, 0.1) is 33.8 Å². The van der Waals surface area contributed by atoms with Crippen LogP contribution in [0.2, 0.25) is 5.02 Å². The molecule has 1 saturated carbocycles. The van der Waals surface area contributed by atoms with Crippen LogP contribution in [0.5, 0.6) is 5.75 Å². The third-order valence-electron chi connectivity index (χ3n) is 13.2. The summed E-state index contributed by atoms with van der Waals surface area (Å²) in [6.07, 6.45) is 3.40. The first-order valence-electron chi connectivity index (χ1n) is 20.4. The maximum atomic E-state index is 14.4. The summed E-state index contributed by atoms with van der Waals surface area (Å²) in [6, 6.07) is 12.5. The molecule has 15 nitrogen and oxygen atoms in total. The zero-order chi connectivity index (χ0) is 42.0. The number of primary amides is 1. The SMILES string of the molecule is CC1(C)C(Oc2ccc(C#N)c(Cl)c2)C(C)(C)C1N1C(=O)CCC(N2C(=O)c3ccc(N4CCN(CCN5CCC(n6ccc(C(N)=O)n6)CC5)CC4)cc3C2=O)C1=O. The van der Waals surface area contributed by atoms with Crippen molar-refractivity contribution in [1.29, 1.82) is 5.26 Å². The van der Waals surface area contributed by atoms with Gasteiger partial charge in [0.1, 0.15) is 29.7 Å². The molecule has 4 aliphatic heterocycles. The van der Waals surface area contributed by atoms with E-state index in [4.69, 9.17) is 22.1 Å². The van der Waals surface area contributed by atoms with E-state index < -0.39 is 52.6 Å². The number of amides is 5. The molecule has 0 bridgehead atoms. The van der Waals surface area contributed by atoms with Crippen LogP contribution in [0, 0.1) is 22.2 Å². The summed E-state index contributed by atoms with van der Waals surface area (Å²) >= 11 is 6.27. The van der Waals surface area contributed by atoms with Crippen molar-refractivity contribution in [2.45, 2.75) is 77.6 Å². The highest BCUT2D eigenvalue weighted by Crippen LogP contribution is 2.58. The Balaban J connectivity index is 0.873. The summed E-state index contributed by atoms with van der Waals surface area (Å²) < 4.78 is 8.26. The average molecular weight is 824 g/mol. The maximum Gasteiger partial charge on any atom is 0.269 e. The lowest BCUT2D eigenvalue weighted by Crippen LogP contribution is -2.77. The monoisotopic (exact) mass is 823 g/mol. The summed E-state index contributed by atoms with van der Waals surface area (Å²) in [7, 11) is 0. The van der Waals surface area contributed by atoms with Crippen molar-refractivity contribution in [1.82, 2.24) is 29.4 Å². The van der Waals surface area contributed by atoms with E-state index in [9.17, 15) is 29.2 Å². The van der Waals surface area contributed by atoms with Gasteiger partial charge in [0, 0.05) is 87.6 Å². The average Bonchev–Trinajstić information content (AvgIpc) is 3.81. The number of piperidine rings is 2. The van der Waals surface area contributed by atoms with Crippen LogP contribution in [0.3, 0.4) is 0 Å². The fourth-order valence-corrected chi connectivity index (χ4v) is 10.7. The number of fused-ring (bicyclic) bond motifs is 1. The highest BCUT2D eigenvalue weighted by atomic mass is 35.5.